The van der Waals surface area contributed by atoms with Gasteiger partial charge in [0.2, 0.25) is 0 Å². The molecule has 2 aromatic heterocycles. The number of H-pyrrole nitrogens is 1. The molecule has 18 heavy (non-hydrogen) atoms. The average Bonchev–Trinajstić information content (AvgIpc) is 2.82. The van der Waals surface area contributed by atoms with Crippen molar-refractivity contribution in [2.75, 3.05) is 27.2 Å². The van der Waals surface area contributed by atoms with Crippen LogP contribution >= 0.6 is 0 Å². The lowest BCUT2D eigenvalue weighted by Crippen LogP contribution is -2.24. The van der Waals surface area contributed by atoms with Gasteiger partial charge < -0.3 is 14.6 Å². The smallest absolute Gasteiger partial charge is 0.141 e. The molecule has 0 amide bonds. The van der Waals surface area contributed by atoms with Crippen molar-refractivity contribution in [2.45, 2.75) is 6.42 Å². The number of hydrogen-bond donors (Lipinski definition) is 1. The van der Waals surface area contributed by atoms with Crippen molar-refractivity contribution in [3.63, 3.8) is 0 Å². The Balaban J connectivity index is 2.15. The van der Waals surface area contributed by atoms with Gasteiger partial charge in [0.25, 0.3) is 0 Å². The van der Waals surface area contributed by atoms with Gasteiger partial charge in [0.1, 0.15) is 11.4 Å². The van der Waals surface area contributed by atoms with Crippen LogP contribution in [0, 0.1) is 0 Å². The Bertz CT molecular complexity index is 600. The van der Waals surface area contributed by atoms with Gasteiger partial charge in [0.15, 0.2) is 0 Å². The highest BCUT2D eigenvalue weighted by molar-refractivity contribution is 5.95. The first-order valence-electron chi connectivity index (χ1n) is 6.17. The number of nitrogens with one attached hydrogen (secondary N) is 1. The van der Waals surface area contributed by atoms with Crippen LogP contribution in [-0.4, -0.2) is 42.1 Å². The van der Waals surface area contributed by atoms with E-state index < -0.39 is 0 Å². The van der Waals surface area contributed by atoms with Gasteiger partial charge in [-0.25, -0.2) is 4.98 Å². The summed E-state index contributed by atoms with van der Waals surface area (Å²) in [6.45, 7) is 2.10. The first-order valence-corrected chi connectivity index (χ1v) is 6.17. The van der Waals surface area contributed by atoms with Crippen molar-refractivity contribution in [1.29, 1.82) is 0 Å². The summed E-state index contributed by atoms with van der Waals surface area (Å²) in [6, 6.07) is 1.91. The molecule has 0 unspecified atom stereocenters. The number of rotatable bonds is 2. The third-order valence-corrected chi connectivity index (χ3v) is 3.44. The number of likely N-dealkylation sites (N-methyl/N-ethyl adjacent to an activating group) is 1. The van der Waals surface area contributed by atoms with Crippen molar-refractivity contribution in [1.82, 2.24) is 14.9 Å². The van der Waals surface area contributed by atoms with E-state index in [0.717, 1.165) is 36.3 Å². The van der Waals surface area contributed by atoms with E-state index in [-0.39, 0.29) is 0 Å². The van der Waals surface area contributed by atoms with Gasteiger partial charge in [0, 0.05) is 31.0 Å². The Morgan fingerprint density at radius 3 is 3.11 bits per heavy atom. The topological polar surface area (TPSA) is 41.1 Å². The van der Waals surface area contributed by atoms with Crippen molar-refractivity contribution in [3.8, 4) is 5.75 Å². The molecule has 1 aliphatic rings. The van der Waals surface area contributed by atoms with E-state index in [1.54, 1.807) is 13.3 Å². The predicted molar refractivity (Wildman–Crippen MR) is 72.7 cm³/mol. The molecule has 0 fully saturated rings. The zero-order chi connectivity index (χ0) is 12.5. The minimum absolute atomic E-state index is 0.880. The largest absolute Gasteiger partial charge is 0.496 e. The first-order chi connectivity index (χ1) is 8.79. The summed E-state index contributed by atoms with van der Waals surface area (Å²) >= 11 is 0. The van der Waals surface area contributed by atoms with Crippen LogP contribution in [0.2, 0.25) is 0 Å². The summed E-state index contributed by atoms with van der Waals surface area (Å²) in [4.78, 5) is 9.90. The second-order valence-electron chi connectivity index (χ2n) is 4.69. The van der Waals surface area contributed by atoms with Crippen molar-refractivity contribution >= 4 is 16.6 Å². The molecule has 0 saturated heterocycles. The van der Waals surface area contributed by atoms with Crippen LogP contribution in [0.1, 0.15) is 12.0 Å². The van der Waals surface area contributed by atoms with E-state index in [9.17, 15) is 0 Å². The standard InChI is InChI=1S/C14H17N3O/c1-17-7-3-4-10(9-17)11-8-16-14-13(11)12(18-2)5-6-15-14/h4-6,8H,3,7,9H2,1-2H3,(H,15,16). The highest BCUT2D eigenvalue weighted by Crippen LogP contribution is 2.32. The highest BCUT2D eigenvalue weighted by Gasteiger charge is 2.16. The number of pyridine rings is 1. The molecule has 0 atom stereocenters. The SMILES string of the molecule is COc1ccnc2[nH]cc(C3=CCCN(C)C3)c12. The minimum atomic E-state index is 0.880. The van der Waals surface area contributed by atoms with E-state index in [1.807, 2.05) is 12.3 Å². The van der Waals surface area contributed by atoms with Gasteiger partial charge in [-0.2, -0.15) is 0 Å². The summed E-state index contributed by atoms with van der Waals surface area (Å²) < 4.78 is 5.44. The van der Waals surface area contributed by atoms with E-state index >= 15 is 0 Å². The predicted octanol–water partition coefficient (Wildman–Crippen LogP) is 2.29. The van der Waals surface area contributed by atoms with Gasteiger partial charge in [-0.1, -0.05) is 6.08 Å². The molecule has 0 aromatic carbocycles. The summed E-state index contributed by atoms with van der Waals surface area (Å²) in [5.41, 5.74) is 3.45. The van der Waals surface area contributed by atoms with Gasteiger partial charge in [0.05, 0.1) is 12.5 Å². The summed E-state index contributed by atoms with van der Waals surface area (Å²) in [6.07, 6.45) is 7.21. The zero-order valence-electron chi connectivity index (χ0n) is 10.7. The maximum atomic E-state index is 5.44. The Hall–Kier alpha value is -1.81. The second kappa shape index (κ2) is 4.46. The van der Waals surface area contributed by atoms with Crippen molar-refractivity contribution < 1.29 is 4.74 Å². The van der Waals surface area contributed by atoms with Gasteiger partial charge in [-0.3, -0.25) is 0 Å². The Labute approximate surface area is 106 Å². The fourth-order valence-corrected chi connectivity index (χ4v) is 2.54. The molecule has 0 spiro atoms. The minimum Gasteiger partial charge on any atom is -0.496 e. The molecule has 94 valence electrons. The number of methoxy groups -OCH3 is 1. The molecule has 2 aromatic rings. The number of fused-ring (bicyclic) bond motifs is 1. The maximum Gasteiger partial charge on any atom is 0.141 e. The Morgan fingerprint density at radius 1 is 1.44 bits per heavy atom. The molecule has 1 N–H and O–H groups in total. The molecule has 4 nitrogen and oxygen atoms in total. The molecule has 3 rings (SSSR count). The molecule has 3 heterocycles. The fraction of sp³-hybridized carbons (Fsp3) is 0.357. The number of hydrogen-bond acceptors (Lipinski definition) is 3. The zero-order valence-corrected chi connectivity index (χ0v) is 10.7. The van der Waals surface area contributed by atoms with Gasteiger partial charge in [-0.15, -0.1) is 0 Å². The van der Waals surface area contributed by atoms with Crippen LogP contribution in [0.5, 0.6) is 5.75 Å². The molecule has 1 aliphatic heterocycles. The molecule has 0 bridgehead atoms. The molecular formula is C14H17N3O. The van der Waals surface area contributed by atoms with E-state index in [2.05, 4.69) is 28.0 Å². The lowest BCUT2D eigenvalue weighted by molar-refractivity contribution is 0.373. The van der Waals surface area contributed by atoms with E-state index in [1.165, 1.54) is 11.1 Å². The third-order valence-electron chi connectivity index (χ3n) is 3.44. The van der Waals surface area contributed by atoms with Crippen LogP contribution in [0.4, 0.5) is 0 Å². The first kappa shape index (κ1) is 11.3. The summed E-state index contributed by atoms with van der Waals surface area (Å²) in [7, 11) is 3.85. The van der Waals surface area contributed by atoms with Crippen molar-refractivity contribution in [3.05, 3.63) is 30.1 Å². The summed E-state index contributed by atoms with van der Waals surface area (Å²) in [5.74, 6) is 0.880. The lowest BCUT2D eigenvalue weighted by Gasteiger charge is -2.22. The van der Waals surface area contributed by atoms with Crippen molar-refractivity contribution in [2.24, 2.45) is 0 Å². The molecular weight excluding hydrogens is 226 g/mol. The molecule has 0 aliphatic carbocycles. The number of aromatic nitrogens is 2. The van der Waals surface area contributed by atoms with E-state index in [4.69, 9.17) is 4.74 Å². The molecule has 0 radical (unpaired) electrons. The maximum absolute atomic E-state index is 5.44. The number of aromatic amines is 1. The van der Waals surface area contributed by atoms with Crippen LogP contribution in [-0.2, 0) is 0 Å². The lowest BCUT2D eigenvalue weighted by atomic mass is 10.0. The van der Waals surface area contributed by atoms with Gasteiger partial charge in [-0.05, 0) is 25.1 Å². The Morgan fingerprint density at radius 2 is 2.33 bits per heavy atom. The summed E-state index contributed by atoms with van der Waals surface area (Å²) in [5, 5.41) is 1.08. The fourth-order valence-electron chi connectivity index (χ4n) is 2.54. The van der Waals surface area contributed by atoms with Crippen LogP contribution in [0.3, 0.4) is 0 Å². The highest BCUT2D eigenvalue weighted by atomic mass is 16.5. The normalized spacial score (nSPS) is 16.9. The van der Waals surface area contributed by atoms with Crippen LogP contribution in [0.25, 0.3) is 16.6 Å². The number of ether oxygens (including phenoxy) is 1. The molecule has 0 saturated carbocycles. The number of nitrogens with zero attached hydrogens (tertiary/aromatic N) is 2. The van der Waals surface area contributed by atoms with Gasteiger partial charge >= 0.3 is 0 Å². The second-order valence-corrected chi connectivity index (χ2v) is 4.69. The van der Waals surface area contributed by atoms with Crippen LogP contribution in [0.15, 0.2) is 24.5 Å². The quantitative estimate of drug-likeness (QED) is 0.879. The average molecular weight is 243 g/mol. The van der Waals surface area contributed by atoms with E-state index in [0.29, 0.717) is 0 Å². The molecule has 4 heteroatoms. The monoisotopic (exact) mass is 243 g/mol. The third kappa shape index (κ3) is 1.78. The van der Waals surface area contributed by atoms with Crippen LogP contribution < -0.4 is 4.74 Å². The Kier molecular flexibility index (Phi) is 2.80.